The van der Waals surface area contributed by atoms with Crippen LogP contribution in [-0.4, -0.2) is 18.4 Å². The Balaban J connectivity index is 3.99. The van der Waals surface area contributed by atoms with Crippen LogP contribution in [0, 0.1) is 11.8 Å². The van der Waals surface area contributed by atoms with Gasteiger partial charge < -0.3 is 4.74 Å². The van der Waals surface area contributed by atoms with Crippen molar-refractivity contribution in [3.05, 3.63) is 12.7 Å². The van der Waals surface area contributed by atoms with Crippen LogP contribution in [0.3, 0.4) is 0 Å². The van der Waals surface area contributed by atoms with E-state index in [0.717, 1.165) is 19.3 Å². The second kappa shape index (κ2) is 13.5. The van der Waals surface area contributed by atoms with Gasteiger partial charge in [-0.1, -0.05) is 52.5 Å². The summed E-state index contributed by atoms with van der Waals surface area (Å²) in [4.78, 5) is 23.7. The summed E-state index contributed by atoms with van der Waals surface area (Å²) in [6.07, 6.45) is 9.95. The monoisotopic (exact) mass is 310 g/mol. The van der Waals surface area contributed by atoms with Crippen molar-refractivity contribution in [2.45, 2.75) is 78.6 Å². The average molecular weight is 310 g/mol. The van der Waals surface area contributed by atoms with Gasteiger partial charge in [-0.05, 0) is 25.2 Å². The van der Waals surface area contributed by atoms with E-state index in [0.29, 0.717) is 25.9 Å². The fourth-order valence-corrected chi connectivity index (χ4v) is 2.76. The lowest BCUT2D eigenvalue weighted by Crippen LogP contribution is -2.22. The van der Waals surface area contributed by atoms with E-state index in [1.54, 1.807) is 0 Å². The van der Waals surface area contributed by atoms with E-state index in [-0.39, 0.29) is 23.6 Å². The zero-order valence-corrected chi connectivity index (χ0v) is 14.7. The molecule has 0 amide bonds. The minimum absolute atomic E-state index is 0.00987. The van der Waals surface area contributed by atoms with Crippen molar-refractivity contribution < 1.29 is 14.3 Å². The Kier molecular flexibility index (Phi) is 12.8. The third-order valence-electron chi connectivity index (χ3n) is 4.21. The van der Waals surface area contributed by atoms with Gasteiger partial charge in [0, 0.05) is 18.8 Å². The Hall–Kier alpha value is -1.12. The number of esters is 1. The molecule has 0 aromatic rings. The lowest BCUT2D eigenvalue weighted by atomic mass is 9.82. The predicted molar refractivity (Wildman–Crippen MR) is 91.7 cm³/mol. The first-order chi connectivity index (χ1) is 10.6. The second-order valence-electron chi connectivity index (χ2n) is 5.91. The largest absolute Gasteiger partial charge is 0.466 e. The number of unbranched alkanes of at least 4 members (excludes halogenated alkanes) is 4. The molecular formula is C19H34O3. The Morgan fingerprint density at radius 3 is 2.32 bits per heavy atom. The highest BCUT2D eigenvalue weighted by Crippen LogP contribution is 2.24. The maximum Gasteiger partial charge on any atom is 0.305 e. The average Bonchev–Trinajstić information content (AvgIpc) is 2.53. The molecule has 0 saturated carbocycles. The van der Waals surface area contributed by atoms with E-state index < -0.39 is 0 Å². The summed E-state index contributed by atoms with van der Waals surface area (Å²) in [5.41, 5.74) is 0. The molecule has 0 aliphatic heterocycles. The molecule has 2 unspecified atom stereocenters. The molecule has 3 heteroatoms. The van der Waals surface area contributed by atoms with Crippen LogP contribution in [-0.2, 0) is 14.3 Å². The van der Waals surface area contributed by atoms with E-state index in [9.17, 15) is 9.59 Å². The Morgan fingerprint density at radius 2 is 1.77 bits per heavy atom. The van der Waals surface area contributed by atoms with Crippen molar-refractivity contribution in [3.63, 3.8) is 0 Å². The first-order valence-electron chi connectivity index (χ1n) is 8.91. The summed E-state index contributed by atoms with van der Waals surface area (Å²) in [5.74, 6) is 0.178. The molecule has 0 N–H and O–H groups in total. The quantitative estimate of drug-likeness (QED) is 0.255. The van der Waals surface area contributed by atoms with Crippen LogP contribution in [0.25, 0.3) is 0 Å². The summed E-state index contributed by atoms with van der Waals surface area (Å²) in [6, 6.07) is 0. The predicted octanol–water partition coefficient (Wildman–Crippen LogP) is 5.09. The molecule has 0 rings (SSSR count). The maximum absolute atomic E-state index is 11.9. The van der Waals surface area contributed by atoms with Gasteiger partial charge in [0.05, 0.1) is 6.61 Å². The first kappa shape index (κ1) is 20.9. The van der Waals surface area contributed by atoms with Crippen molar-refractivity contribution in [1.82, 2.24) is 0 Å². The van der Waals surface area contributed by atoms with E-state index in [4.69, 9.17) is 4.74 Å². The van der Waals surface area contributed by atoms with Gasteiger partial charge in [-0.15, -0.1) is 6.58 Å². The number of carbonyl (C=O) groups is 2. The number of ketones is 1. The van der Waals surface area contributed by atoms with Crippen LogP contribution in [0.2, 0.25) is 0 Å². The molecule has 0 aliphatic rings. The molecular weight excluding hydrogens is 276 g/mol. The number of rotatable bonds is 14. The molecule has 0 bridgehead atoms. The molecule has 0 aliphatic carbocycles. The number of allylic oxidation sites excluding steroid dienone is 1. The zero-order valence-electron chi connectivity index (χ0n) is 14.7. The molecule has 0 radical (unpaired) electrons. The second-order valence-corrected chi connectivity index (χ2v) is 5.91. The van der Waals surface area contributed by atoms with Crippen molar-refractivity contribution >= 4 is 11.8 Å². The Bertz CT molecular complexity index is 323. The van der Waals surface area contributed by atoms with E-state index in [1.807, 2.05) is 19.9 Å². The lowest BCUT2D eigenvalue weighted by molar-refractivity contribution is -0.144. The van der Waals surface area contributed by atoms with E-state index in [2.05, 4.69) is 13.5 Å². The normalized spacial score (nSPS) is 13.4. The standard InChI is InChI=1S/C19H34O3/c1-5-9-10-11-12-15-22-19(21)14-13-16(6-2)17(7-3)18(20)8-4/h6,16-17H,2,5,7-15H2,1,3-4H3. The van der Waals surface area contributed by atoms with Gasteiger partial charge >= 0.3 is 5.97 Å². The first-order valence-corrected chi connectivity index (χ1v) is 8.91. The summed E-state index contributed by atoms with van der Waals surface area (Å²) in [5, 5.41) is 0. The lowest BCUT2D eigenvalue weighted by Gasteiger charge is -2.21. The molecule has 128 valence electrons. The van der Waals surface area contributed by atoms with Gasteiger partial charge in [0.25, 0.3) is 0 Å². The van der Waals surface area contributed by atoms with Crippen LogP contribution in [0.5, 0.6) is 0 Å². The van der Waals surface area contributed by atoms with Crippen molar-refractivity contribution in [3.8, 4) is 0 Å². The molecule has 3 nitrogen and oxygen atoms in total. The number of hydrogen-bond donors (Lipinski definition) is 0. The highest BCUT2D eigenvalue weighted by Gasteiger charge is 2.23. The number of Topliss-reactive ketones (excluding diaryl/α,β-unsaturated/α-hetero) is 1. The van der Waals surface area contributed by atoms with Crippen LogP contribution in [0.1, 0.15) is 78.6 Å². The highest BCUT2D eigenvalue weighted by molar-refractivity contribution is 5.81. The van der Waals surface area contributed by atoms with Crippen molar-refractivity contribution in [2.24, 2.45) is 11.8 Å². The van der Waals surface area contributed by atoms with Gasteiger partial charge in [-0.2, -0.15) is 0 Å². The third-order valence-corrected chi connectivity index (χ3v) is 4.21. The van der Waals surface area contributed by atoms with Gasteiger partial charge in [0.15, 0.2) is 0 Å². The van der Waals surface area contributed by atoms with Gasteiger partial charge in [0.2, 0.25) is 0 Å². The van der Waals surface area contributed by atoms with Crippen LogP contribution in [0.15, 0.2) is 12.7 Å². The van der Waals surface area contributed by atoms with Crippen molar-refractivity contribution in [2.75, 3.05) is 6.61 Å². The smallest absolute Gasteiger partial charge is 0.305 e. The van der Waals surface area contributed by atoms with Gasteiger partial charge in [-0.25, -0.2) is 0 Å². The number of carbonyl (C=O) groups excluding carboxylic acids is 2. The molecule has 0 aromatic carbocycles. The van der Waals surface area contributed by atoms with Gasteiger partial charge in [-0.3, -0.25) is 9.59 Å². The zero-order chi connectivity index (χ0) is 16.8. The molecule has 0 heterocycles. The fraction of sp³-hybridized carbons (Fsp3) is 0.789. The van der Waals surface area contributed by atoms with E-state index >= 15 is 0 Å². The molecule has 0 aromatic heterocycles. The minimum Gasteiger partial charge on any atom is -0.466 e. The molecule has 22 heavy (non-hydrogen) atoms. The summed E-state index contributed by atoms with van der Waals surface area (Å²) in [7, 11) is 0. The Labute approximate surface area is 136 Å². The minimum atomic E-state index is -0.152. The Morgan fingerprint density at radius 1 is 1.09 bits per heavy atom. The molecule has 0 fully saturated rings. The molecule has 2 atom stereocenters. The highest BCUT2D eigenvalue weighted by atomic mass is 16.5. The van der Waals surface area contributed by atoms with Crippen LogP contribution >= 0.6 is 0 Å². The third kappa shape index (κ3) is 9.01. The van der Waals surface area contributed by atoms with Gasteiger partial charge in [0.1, 0.15) is 5.78 Å². The van der Waals surface area contributed by atoms with Crippen molar-refractivity contribution in [1.29, 1.82) is 0 Å². The number of hydrogen-bond acceptors (Lipinski definition) is 3. The molecule has 0 saturated heterocycles. The van der Waals surface area contributed by atoms with Crippen LogP contribution in [0.4, 0.5) is 0 Å². The SMILES string of the molecule is C=CC(CCC(=O)OCCCCCCC)C(CC)C(=O)CC. The van der Waals surface area contributed by atoms with E-state index in [1.165, 1.54) is 19.3 Å². The maximum atomic E-state index is 11.9. The summed E-state index contributed by atoms with van der Waals surface area (Å²) < 4.78 is 5.26. The summed E-state index contributed by atoms with van der Waals surface area (Å²) >= 11 is 0. The van der Waals surface area contributed by atoms with Crippen LogP contribution < -0.4 is 0 Å². The number of ether oxygens (including phenoxy) is 1. The fourth-order valence-electron chi connectivity index (χ4n) is 2.76. The molecule has 0 spiro atoms. The topological polar surface area (TPSA) is 43.4 Å². The summed E-state index contributed by atoms with van der Waals surface area (Å²) in [6.45, 7) is 10.4.